The predicted octanol–water partition coefficient (Wildman–Crippen LogP) is 1.97. The van der Waals surface area contributed by atoms with E-state index < -0.39 is 23.5 Å². The van der Waals surface area contributed by atoms with Gasteiger partial charge in [-0.15, -0.1) is 0 Å². The maximum Gasteiger partial charge on any atom is 0.258 e. The molecule has 200 valence electrons. The van der Waals surface area contributed by atoms with Crippen molar-refractivity contribution in [3.05, 3.63) is 39.9 Å². The monoisotopic (exact) mass is 505 g/mol. The molecule has 1 heterocycles. The van der Waals surface area contributed by atoms with Gasteiger partial charge in [0, 0.05) is 7.05 Å². The lowest BCUT2D eigenvalue weighted by atomic mass is 9.84. The number of ether oxygens (including phenoxy) is 1. The lowest BCUT2D eigenvalue weighted by Crippen LogP contribution is -2.55. The first-order chi connectivity index (χ1) is 16.9. The molecule has 0 radical (unpaired) electrons. The van der Waals surface area contributed by atoms with Crippen LogP contribution in [0.25, 0.3) is 10.9 Å². The van der Waals surface area contributed by atoms with Gasteiger partial charge in [0.15, 0.2) is 0 Å². The van der Waals surface area contributed by atoms with Crippen LogP contribution in [0.1, 0.15) is 52.4 Å². The molecule has 1 unspecified atom stereocenters. The number of aryl methyl sites for hydroxylation is 1. The van der Waals surface area contributed by atoms with Crippen LogP contribution >= 0.6 is 0 Å². The first-order valence-corrected chi connectivity index (χ1v) is 12.0. The van der Waals surface area contributed by atoms with Gasteiger partial charge in [-0.1, -0.05) is 46.3 Å². The Morgan fingerprint density at radius 3 is 2.47 bits per heavy atom. The number of likely N-dealkylation sites (N-methyl/N-ethyl adjacent to an activating group) is 1. The van der Waals surface area contributed by atoms with Crippen LogP contribution in [0.3, 0.4) is 0 Å². The SMILES string of the molecule is CNC(=O)[C@@H](NC(=O)[C@H](CC(C)C)C(CONO)OCc1ccc2nc(C)[nH]c(=O)c2c1)C(C)(C)C. The summed E-state index contributed by atoms with van der Waals surface area (Å²) < 4.78 is 6.11. The van der Waals surface area contributed by atoms with E-state index in [9.17, 15) is 14.4 Å². The van der Waals surface area contributed by atoms with E-state index in [2.05, 4.69) is 20.6 Å². The van der Waals surface area contributed by atoms with E-state index in [0.717, 1.165) is 0 Å². The van der Waals surface area contributed by atoms with Gasteiger partial charge in [-0.3, -0.25) is 24.4 Å². The Morgan fingerprint density at radius 2 is 1.89 bits per heavy atom. The second kappa shape index (κ2) is 12.9. The van der Waals surface area contributed by atoms with Crippen LogP contribution in [0.5, 0.6) is 0 Å². The molecule has 36 heavy (non-hydrogen) atoms. The molecular formula is C25H39N5O6. The number of hydrogen-bond donors (Lipinski definition) is 5. The van der Waals surface area contributed by atoms with Crippen LogP contribution in [-0.4, -0.2) is 52.8 Å². The molecular weight excluding hydrogens is 466 g/mol. The van der Waals surface area contributed by atoms with Gasteiger partial charge < -0.3 is 20.4 Å². The lowest BCUT2D eigenvalue weighted by Gasteiger charge is -2.33. The van der Waals surface area contributed by atoms with Crippen LogP contribution < -0.4 is 21.8 Å². The van der Waals surface area contributed by atoms with E-state index in [1.165, 1.54) is 7.05 Å². The summed E-state index contributed by atoms with van der Waals surface area (Å²) in [7, 11) is 1.52. The summed E-state index contributed by atoms with van der Waals surface area (Å²) in [5.74, 6) is -0.668. The second-order valence-electron chi connectivity index (χ2n) is 10.4. The van der Waals surface area contributed by atoms with Crippen LogP contribution in [-0.2, 0) is 25.8 Å². The summed E-state index contributed by atoms with van der Waals surface area (Å²) in [5.41, 5.74) is 2.15. The van der Waals surface area contributed by atoms with E-state index in [-0.39, 0.29) is 36.5 Å². The average molecular weight is 506 g/mol. The summed E-state index contributed by atoms with van der Waals surface area (Å²) >= 11 is 0. The van der Waals surface area contributed by atoms with Gasteiger partial charge in [-0.2, -0.15) is 0 Å². The van der Waals surface area contributed by atoms with Crippen molar-refractivity contribution in [1.82, 2.24) is 26.2 Å². The molecule has 11 heteroatoms. The minimum Gasteiger partial charge on any atom is -0.370 e. The normalized spacial score (nSPS) is 14.5. The Labute approximate surface area is 211 Å². The fourth-order valence-corrected chi connectivity index (χ4v) is 4.00. The molecule has 0 aliphatic heterocycles. The van der Waals surface area contributed by atoms with Gasteiger partial charge in [0.25, 0.3) is 5.56 Å². The van der Waals surface area contributed by atoms with Gasteiger partial charge in [0.2, 0.25) is 11.8 Å². The van der Waals surface area contributed by atoms with Crippen LogP contribution in [0, 0.1) is 24.2 Å². The lowest BCUT2D eigenvalue weighted by molar-refractivity contribution is -0.170. The molecule has 0 aliphatic carbocycles. The summed E-state index contributed by atoms with van der Waals surface area (Å²) in [4.78, 5) is 50.3. The van der Waals surface area contributed by atoms with Crippen molar-refractivity contribution in [1.29, 1.82) is 0 Å². The number of amides is 2. The molecule has 2 amide bonds. The number of carbonyl (C=O) groups excluding carboxylic acids is 2. The topological polar surface area (TPSA) is 155 Å². The maximum atomic E-state index is 13.5. The fraction of sp³-hybridized carbons (Fsp3) is 0.600. The van der Waals surface area contributed by atoms with Crippen LogP contribution in [0.4, 0.5) is 0 Å². The van der Waals surface area contributed by atoms with Gasteiger partial charge in [0.1, 0.15) is 11.9 Å². The number of carbonyl (C=O) groups is 2. The molecule has 1 aromatic carbocycles. The third-order valence-corrected chi connectivity index (χ3v) is 5.84. The summed E-state index contributed by atoms with van der Waals surface area (Å²) in [6, 6.07) is 4.48. The highest BCUT2D eigenvalue weighted by molar-refractivity contribution is 5.89. The molecule has 11 nitrogen and oxygen atoms in total. The van der Waals surface area contributed by atoms with Crippen LogP contribution in [0.2, 0.25) is 0 Å². The van der Waals surface area contributed by atoms with E-state index in [4.69, 9.17) is 14.8 Å². The van der Waals surface area contributed by atoms with Crippen molar-refractivity contribution < 1.29 is 24.4 Å². The molecule has 0 spiro atoms. The number of benzene rings is 1. The van der Waals surface area contributed by atoms with Crippen molar-refractivity contribution in [2.24, 2.45) is 17.3 Å². The van der Waals surface area contributed by atoms with Crippen molar-refractivity contribution in [3.8, 4) is 0 Å². The first kappa shape index (κ1) is 29.4. The third-order valence-electron chi connectivity index (χ3n) is 5.84. The molecule has 2 aromatic rings. The molecule has 0 aliphatic rings. The zero-order valence-electron chi connectivity index (χ0n) is 22.1. The molecule has 5 N–H and O–H groups in total. The molecule has 0 saturated carbocycles. The van der Waals surface area contributed by atoms with Gasteiger partial charge >= 0.3 is 0 Å². The van der Waals surface area contributed by atoms with E-state index >= 15 is 0 Å². The Kier molecular flexibility index (Phi) is 10.5. The number of aromatic amines is 1. The van der Waals surface area contributed by atoms with Gasteiger partial charge in [-0.05, 0) is 42.4 Å². The molecule has 0 fully saturated rings. The highest BCUT2D eigenvalue weighted by Gasteiger charge is 2.37. The van der Waals surface area contributed by atoms with Crippen molar-refractivity contribution in [2.45, 2.75) is 66.7 Å². The summed E-state index contributed by atoms with van der Waals surface area (Å²) in [6.45, 7) is 11.2. The molecule has 2 rings (SSSR count). The summed E-state index contributed by atoms with van der Waals surface area (Å²) in [6.07, 6.45) is -0.307. The van der Waals surface area contributed by atoms with Gasteiger partial charge in [-0.25, -0.2) is 4.98 Å². The number of rotatable bonds is 12. The minimum absolute atomic E-state index is 0.0860. The van der Waals surface area contributed by atoms with Gasteiger partial charge in [0.05, 0.1) is 36.1 Å². The van der Waals surface area contributed by atoms with E-state index in [0.29, 0.717) is 28.7 Å². The standard InChI is InChI=1S/C25H39N5O6/c1-14(2)10-18(23(32)29-21(24(33)26-7)25(4,5)6)20(13-36-30-34)35-12-16-8-9-19-17(11-16)22(31)28-15(3)27-19/h8-9,11,14,18,20-21,30,34H,10,12-13H2,1-7H3,(H,26,33)(H,29,32)(H,27,28,31)/t18-,20?,21-/m1/s1. The molecule has 0 saturated heterocycles. The Bertz CT molecular complexity index is 1090. The van der Waals surface area contributed by atoms with Crippen LogP contribution in [0.15, 0.2) is 23.0 Å². The smallest absolute Gasteiger partial charge is 0.258 e. The van der Waals surface area contributed by atoms with Crippen molar-refractivity contribution in [2.75, 3.05) is 13.7 Å². The van der Waals surface area contributed by atoms with Crippen molar-refractivity contribution >= 4 is 22.7 Å². The Balaban J connectivity index is 2.30. The number of fused-ring (bicyclic) bond motifs is 1. The number of nitrogens with one attached hydrogen (secondary N) is 4. The fourth-order valence-electron chi connectivity index (χ4n) is 4.00. The highest BCUT2D eigenvalue weighted by Crippen LogP contribution is 2.24. The number of H-pyrrole nitrogens is 1. The number of aromatic nitrogens is 2. The third kappa shape index (κ3) is 8.09. The predicted molar refractivity (Wildman–Crippen MR) is 135 cm³/mol. The maximum absolute atomic E-state index is 13.5. The first-order valence-electron chi connectivity index (χ1n) is 12.0. The Morgan fingerprint density at radius 1 is 1.19 bits per heavy atom. The van der Waals surface area contributed by atoms with E-state index in [1.54, 1.807) is 30.8 Å². The number of nitrogens with zero attached hydrogens (tertiary/aromatic N) is 1. The zero-order valence-corrected chi connectivity index (χ0v) is 22.1. The molecule has 0 bridgehead atoms. The largest absolute Gasteiger partial charge is 0.370 e. The zero-order chi connectivity index (χ0) is 27.0. The number of hydrogen-bond acceptors (Lipinski definition) is 8. The Hall–Kier alpha value is -2.86. The quantitative estimate of drug-likeness (QED) is 0.274. The average Bonchev–Trinajstić information content (AvgIpc) is 2.80. The second-order valence-corrected chi connectivity index (χ2v) is 10.4. The molecule has 3 atom stereocenters. The van der Waals surface area contributed by atoms with Crippen molar-refractivity contribution in [3.63, 3.8) is 0 Å². The summed E-state index contributed by atoms with van der Waals surface area (Å²) in [5, 5.41) is 14.9. The molecule has 1 aromatic heterocycles. The highest BCUT2D eigenvalue weighted by atomic mass is 16.8. The minimum atomic E-state index is -0.762. The van der Waals surface area contributed by atoms with E-state index in [1.807, 2.05) is 34.6 Å².